The van der Waals surface area contributed by atoms with Crippen molar-refractivity contribution in [2.75, 3.05) is 18.5 Å². The maximum Gasteiger partial charge on any atom is 0.227 e. The Balaban J connectivity index is 2.04. The molecule has 3 heterocycles. The molecule has 0 aliphatic carbocycles. The molecular formula is C18H23FN6O. The number of anilines is 1. The van der Waals surface area contributed by atoms with Crippen LogP contribution in [0.1, 0.15) is 38.7 Å². The van der Waals surface area contributed by atoms with Gasteiger partial charge in [0.25, 0.3) is 0 Å². The molecule has 0 fully saturated rings. The van der Waals surface area contributed by atoms with Gasteiger partial charge >= 0.3 is 0 Å². The molecule has 7 nitrogen and oxygen atoms in total. The zero-order chi connectivity index (χ0) is 18.7. The molecule has 0 aliphatic heterocycles. The van der Waals surface area contributed by atoms with Crippen LogP contribution in [-0.2, 0) is 0 Å². The van der Waals surface area contributed by atoms with Crippen molar-refractivity contribution in [1.82, 2.24) is 24.6 Å². The van der Waals surface area contributed by atoms with Crippen LogP contribution in [-0.4, -0.2) is 42.8 Å². The number of aliphatic hydroxyl groups excluding tert-OH is 1. The monoisotopic (exact) mass is 358 g/mol. The third-order valence-electron chi connectivity index (χ3n) is 4.21. The fourth-order valence-electron chi connectivity index (χ4n) is 2.60. The standard InChI is InChI=1S/C18H23FN6O/c1-11(2)15-9-22-25-17(15)23-16(13-6-14(19)8-20-7-13)24-18(25)21-5-4-12(3)10-26/h6-9,11-12,26H,4-5,10H2,1-3H3,(H,21,23,24). The van der Waals surface area contributed by atoms with Crippen LogP contribution in [0.25, 0.3) is 17.0 Å². The average molecular weight is 358 g/mol. The second-order valence-electron chi connectivity index (χ2n) is 6.76. The average Bonchev–Trinajstić information content (AvgIpc) is 3.05. The van der Waals surface area contributed by atoms with Crippen LogP contribution in [0.15, 0.2) is 24.7 Å². The van der Waals surface area contributed by atoms with Gasteiger partial charge in [0.1, 0.15) is 5.82 Å². The van der Waals surface area contributed by atoms with Crippen molar-refractivity contribution >= 4 is 11.6 Å². The Hall–Kier alpha value is -2.61. The Morgan fingerprint density at radius 1 is 1.19 bits per heavy atom. The number of hydrogen-bond acceptors (Lipinski definition) is 6. The number of nitrogens with one attached hydrogen (secondary N) is 1. The van der Waals surface area contributed by atoms with Crippen LogP contribution in [0.3, 0.4) is 0 Å². The van der Waals surface area contributed by atoms with E-state index >= 15 is 0 Å². The number of hydrogen-bond donors (Lipinski definition) is 2. The van der Waals surface area contributed by atoms with Gasteiger partial charge in [-0.1, -0.05) is 20.8 Å². The summed E-state index contributed by atoms with van der Waals surface area (Å²) >= 11 is 0. The van der Waals surface area contributed by atoms with E-state index in [1.807, 2.05) is 6.92 Å². The Labute approximate surface area is 151 Å². The van der Waals surface area contributed by atoms with E-state index in [4.69, 9.17) is 0 Å². The van der Waals surface area contributed by atoms with Crippen molar-refractivity contribution < 1.29 is 9.50 Å². The predicted octanol–water partition coefficient (Wildman–Crippen LogP) is 2.88. The highest BCUT2D eigenvalue weighted by molar-refractivity contribution is 5.61. The fraction of sp³-hybridized carbons (Fsp3) is 0.444. The molecule has 0 saturated carbocycles. The highest BCUT2D eigenvalue weighted by atomic mass is 19.1. The van der Waals surface area contributed by atoms with Gasteiger partial charge in [0, 0.05) is 30.5 Å². The first-order valence-corrected chi connectivity index (χ1v) is 8.71. The predicted molar refractivity (Wildman–Crippen MR) is 97.4 cm³/mol. The molecule has 1 atom stereocenters. The quantitative estimate of drug-likeness (QED) is 0.675. The molecule has 0 radical (unpaired) electrons. The highest BCUT2D eigenvalue weighted by Gasteiger charge is 2.16. The van der Waals surface area contributed by atoms with Gasteiger partial charge in [-0.15, -0.1) is 0 Å². The van der Waals surface area contributed by atoms with Crippen molar-refractivity contribution in [2.45, 2.75) is 33.1 Å². The molecule has 138 valence electrons. The van der Waals surface area contributed by atoms with E-state index in [2.05, 4.69) is 39.2 Å². The SMILES string of the molecule is CC(CO)CCNc1nc(-c2cncc(F)c2)nc2c(C(C)C)cnn12. The van der Waals surface area contributed by atoms with Crippen molar-refractivity contribution in [1.29, 1.82) is 0 Å². The molecule has 3 aromatic heterocycles. The van der Waals surface area contributed by atoms with Crippen LogP contribution < -0.4 is 5.32 Å². The Kier molecular flexibility index (Phi) is 5.41. The largest absolute Gasteiger partial charge is 0.396 e. The van der Waals surface area contributed by atoms with Crippen molar-refractivity contribution in [3.05, 3.63) is 36.0 Å². The molecule has 0 saturated heterocycles. The molecule has 3 rings (SSSR count). The van der Waals surface area contributed by atoms with Gasteiger partial charge in [-0.25, -0.2) is 9.37 Å². The Morgan fingerprint density at radius 2 is 2.00 bits per heavy atom. The summed E-state index contributed by atoms with van der Waals surface area (Å²) in [4.78, 5) is 13.0. The molecule has 26 heavy (non-hydrogen) atoms. The summed E-state index contributed by atoms with van der Waals surface area (Å²) in [5, 5.41) is 16.8. The summed E-state index contributed by atoms with van der Waals surface area (Å²) < 4.78 is 15.2. The smallest absolute Gasteiger partial charge is 0.227 e. The van der Waals surface area contributed by atoms with E-state index in [0.29, 0.717) is 29.5 Å². The third kappa shape index (κ3) is 3.80. The summed E-state index contributed by atoms with van der Waals surface area (Å²) in [7, 11) is 0. The lowest BCUT2D eigenvalue weighted by Gasteiger charge is -2.12. The zero-order valence-electron chi connectivity index (χ0n) is 15.1. The second kappa shape index (κ2) is 7.74. The second-order valence-corrected chi connectivity index (χ2v) is 6.76. The first-order chi connectivity index (χ1) is 12.5. The number of rotatable bonds is 7. The molecule has 0 bridgehead atoms. The van der Waals surface area contributed by atoms with Gasteiger partial charge < -0.3 is 10.4 Å². The van der Waals surface area contributed by atoms with Crippen LogP contribution >= 0.6 is 0 Å². The van der Waals surface area contributed by atoms with Crippen molar-refractivity contribution in [3.63, 3.8) is 0 Å². The molecule has 8 heteroatoms. The minimum atomic E-state index is -0.435. The summed E-state index contributed by atoms with van der Waals surface area (Å²) in [6, 6.07) is 1.36. The Bertz CT molecular complexity index is 895. The number of pyridine rings is 1. The summed E-state index contributed by atoms with van der Waals surface area (Å²) in [5.74, 6) is 0.921. The van der Waals surface area contributed by atoms with Crippen molar-refractivity contribution in [2.24, 2.45) is 5.92 Å². The molecule has 3 aromatic rings. The first kappa shape index (κ1) is 18.2. The normalized spacial score (nSPS) is 12.7. The van der Waals surface area contributed by atoms with Gasteiger partial charge in [-0.3, -0.25) is 4.98 Å². The molecule has 0 aliphatic rings. The highest BCUT2D eigenvalue weighted by Crippen LogP contribution is 2.24. The topological polar surface area (TPSA) is 88.2 Å². The van der Waals surface area contributed by atoms with Gasteiger partial charge in [-0.2, -0.15) is 14.6 Å². The van der Waals surface area contributed by atoms with E-state index < -0.39 is 5.82 Å². The molecule has 0 aromatic carbocycles. The molecule has 2 N–H and O–H groups in total. The number of fused-ring (bicyclic) bond motifs is 1. The molecule has 0 amide bonds. The van der Waals surface area contributed by atoms with E-state index in [1.165, 1.54) is 12.3 Å². The molecule has 1 unspecified atom stereocenters. The lowest BCUT2D eigenvalue weighted by molar-refractivity contribution is 0.233. The number of aromatic nitrogens is 5. The summed E-state index contributed by atoms with van der Waals surface area (Å²) in [5.41, 5.74) is 2.19. The van der Waals surface area contributed by atoms with E-state index in [1.54, 1.807) is 10.7 Å². The van der Waals surface area contributed by atoms with Gasteiger partial charge in [0.15, 0.2) is 11.5 Å². The van der Waals surface area contributed by atoms with E-state index in [-0.39, 0.29) is 18.4 Å². The number of aliphatic hydroxyl groups is 1. The van der Waals surface area contributed by atoms with Crippen LogP contribution in [0.4, 0.5) is 10.3 Å². The van der Waals surface area contributed by atoms with E-state index in [0.717, 1.165) is 18.2 Å². The lowest BCUT2D eigenvalue weighted by atomic mass is 10.1. The number of halogens is 1. The molecule has 0 spiro atoms. The fourth-order valence-corrected chi connectivity index (χ4v) is 2.60. The Morgan fingerprint density at radius 3 is 2.69 bits per heavy atom. The zero-order valence-corrected chi connectivity index (χ0v) is 15.1. The minimum Gasteiger partial charge on any atom is -0.396 e. The van der Waals surface area contributed by atoms with E-state index in [9.17, 15) is 9.50 Å². The van der Waals surface area contributed by atoms with Gasteiger partial charge in [-0.05, 0) is 24.3 Å². The van der Waals surface area contributed by atoms with Gasteiger partial charge in [0.05, 0.1) is 12.4 Å². The summed E-state index contributed by atoms with van der Waals surface area (Å²) in [6.07, 6.45) is 5.26. The van der Waals surface area contributed by atoms with Gasteiger partial charge in [0.2, 0.25) is 5.95 Å². The summed E-state index contributed by atoms with van der Waals surface area (Å²) in [6.45, 7) is 6.88. The maximum atomic E-state index is 13.6. The third-order valence-corrected chi connectivity index (χ3v) is 4.21. The van der Waals surface area contributed by atoms with Crippen molar-refractivity contribution in [3.8, 4) is 11.4 Å². The van der Waals surface area contributed by atoms with Crippen LogP contribution in [0, 0.1) is 11.7 Å². The maximum absolute atomic E-state index is 13.6. The lowest BCUT2D eigenvalue weighted by Crippen LogP contribution is -2.14. The minimum absolute atomic E-state index is 0.139. The first-order valence-electron chi connectivity index (χ1n) is 8.71. The molecular weight excluding hydrogens is 335 g/mol. The number of nitrogens with zero attached hydrogens (tertiary/aromatic N) is 5. The van der Waals surface area contributed by atoms with Crippen LogP contribution in [0.2, 0.25) is 0 Å². The van der Waals surface area contributed by atoms with Crippen LogP contribution in [0.5, 0.6) is 0 Å².